The van der Waals surface area contributed by atoms with E-state index >= 15 is 0 Å². The first-order chi connectivity index (χ1) is 13.1. The van der Waals surface area contributed by atoms with Crippen molar-refractivity contribution in [3.63, 3.8) is 0 Å². The second-order valence-electron chi connectivity index (χ2n) is 6.37. The van der Waals surface area contributed by atoms with Gasteiger partial charge >= 0.3 is 0 Å². The maximum absolute atomic E-state index is 14.4. The largest absolute Gasteiger partial charge is 0.468 e. The molecule has 2 aliphatic rings. The van der Waals surface area contributed by atoms with Gasteiger partial charge in [0.05, 0.1) is 42.0 Å². The molecule has 0 aliphatic carbocycles. The first kappa shape index (κ1) is 18.1. The van der Waals surface area contributed by atoms with Crippen molar-refractivity contribution in [2.75, 3.05) is 12.5 Å². The van der Waals surface area contributed by atoms with Crippen molar-refractivity contribution in [1.29, 1.82) is 5.26 Å². The molecular weight excluding hydrogens is 389 g/mol. The monoisotopic (exact) mass is 403 g/mol. The Labute approximate surface area is 165 Å². The van der Waals surface area contributed by atoms with Crippen molar-refractivity contribution < 1.29 is 13.6 Å². The van der Waals surface area contributed by atoms with Crippen LogP contribution in [0.25, 0.3) is 0 Å². The van der Waals surface area contributed by atoms with Crippen LogP contribution in [0, 0.1) is 17.1 Å². The Bertz CT molecular complexity index is 934. The van der Waals surface area contributed by atoms with Crippen molar-refractivity contribution in [1.82, 2.24) is 9.80 Å². The molecule has 0 spiro atoms. The summed E-state index contributed by atoms with van der Waals surface area (Å²) in [6.07, 6.45) is 1.63. The second kappa shape index (κ2) is 7.39. The quantitative estimate of drug-likeness (QED) is 0.765. The highest BCUT2D eigenvalue weighted by atomic mass is 35.5. The first-order valence-corrected chi connectivity index (χ1v) is 9.71. The second-order valence-corrected chi connectivity index (χ2v) is 7.71. The molecule has 0 unspecified atom stereocenters. The number of allylic oxidation sites excluding steroid dienone is 1. The molecule has 1 saturated heterocycles. The van der Waals surface area contributed by atoms with E-state index in [0.29, 0.717) is 29.7 Å². The van der Waals surface area contributed by atoms with Gasteiger partial charge in [0.25, 0.3) is 0 Å². The molecule has 0 bridgehead atoms. The lowest BCUT2D eigenvalue weighted by Crippen LogP contribution is -2.47. The van der Waals surface area contributed by atoms with Gasteiger partial charge in [-0.15, -0.1) is 0 Å². The highest BCUT2D eigenvalue weighted by Crippen LogP contribution is 2.44. The summed E-state index contributed by atoms with van der Waals surface area (Å²) in [6.45, 7) is 0.937. The number of amides is 1. The van der Waals surface area contributed by atoms with E-state index in [1.165, 1.54) is 23.9 Å². The number of nitrogens with zero attached hydrogens (tertiary/aromatic N) is 3. The lowest BCUT2D eigenvalue weighted by Gasteiger charge is -2.41. The average molecular weight is 404 g/mol. The number of halogens is 2. The van der Waals surface area contributed by atoms with Crippen LogP contribution in [0.4, 0.5) is 4.39 Å². The molecule has 2 aliphatic heterocycles. The Morgan fingerprint density at radius 3 is 2.93 bits per heavy atom. The molecular formula is C19H15ClFN3O2S. The third-order valence-corrected chi connectivity index (χ3v) is 6.19. The predicted octanol–water partition coefficient (Wildman–Crippen LogP) is 4.29. The third-order valence-electron chi connectivity index (χ3n) is 4.66. The van der Waals surface area contributed by atoms with Crippen molar-refractivity contribution >= 4 is 29.3 Å². The number of furan rings is 1. The van der Waals surface area contributed by atoms with Gasteiger partial charge in [0, 0.05) is 22.9 Å². The number of nitriles is 1. The number of hydrogen-bond acceptors (Lipinski definition) is 5. The average Bonchev–Trinajstić information content (AvgIpc) is 3.15. The highest BCUT2D eigenvalue weighted by molar-refractivity contribution is 8.03. The normalized spacial score (nSPS) is 20.6. The molecule has 1 atom stereocenters. The molecule has 5 nitrogen and oxygen atoms in total. The lowest BCUT2D eigenvalue weighted by atomic mass is 9.86. The molecule has 2 aromatic rings. The van der Waals surface area contributed by atoms with Crippen LogP contribution in [0.5, 0.6) is 0 Å². The highest BCUT2D eigenvalue weighted by Gasteiger charge is 2.39. The summed E-state index contributed by atoms with van der Waals surface area (Å²) in [7, 11) is 0. The Morgan fingerprint density at radius 1 is 1.37 bits per heavy atom. The molecule has 8 heteroatoms. The standard InChI is InChI=1S/C19H15ClFN3O2S/c20-15-4-1-5-16(21)18(15)13-7-17(25)24-10-23(9-12-3-2-6-26-12)11-27-19(24)14(13)8-22/h1-6,13H,7,9-11H2/t13-/m0/s1. The van der Waals surface area contributed by atoms with E-state index in [4.69, 9.17) is 16.0 Å². The van der Waals surface area contributed by atoms with E-state index in [1.54, 1.807) is 17.2 Å². The van der Waals surface area contributed by atoms with Gasteiger partial charge in [-0.25, -0.2) is 4.39 Å². The summed E-state index contributed by atoms with van der Waals surface area (Å²) < 4.78 is 19.8. The summed E-state index contributed by atoms with van der Waals surface area (Å²) in [6, 6.07) is 10.3. The van der Waals surface area contributed by atoms with Crippen molar-refractivity contribution in [3.8, 4) is 6.07 Å². The van der Waals surface area contributed by atoms with Crippen molar-refractivity contribution in [2.24, 2.45) is 0 Å². The van der Waals surface area contributed by atoms with E-state index in [-0.39, 0.29) is 22.9 Å². The molecule has 27 heavy (non-hydrogen) atoms. The van der Waals surface area contributed by atoms with Crippen LogP contribution in [-0.2, 0) is 11.3 Å². The maximum atomic E-state index is 14.4. The van der Waals surface area contributed by atoms with Gasteiger partial charge < -0.3 is 4.42 Å². The molecule has 0 N–H and O–H groups in total. The van der Waals surface area contributed by atoms with E-state index in [9.17, 15) is 14.4 Å². The number of benzene rings is 1. The zero-order chi connectivity index (χ0) is 19.0. The number of hydrogen-bond donors (Lipinski definition) is 0. The molecule has 1 aromatic heterocycles. The minimum absolute atomic E-state index is 0.0161. The summed E-state index contributed by atoms with van der Waals surface area (Å²) in [4.78, 5) is 16.4. The SMILES string of the molecule is N#CC1=C2SCN(Cc3ccco3)CN2C(=O)C[C@@H]1c1c(F)cccc1Cl. The van der Waals surface area contributed by atoms with Gasteiger partial charge in [-0.3, -0.25) is 14.6 Å². The number of rotatable bonds is 3. The number of carbonyl (C=O) groups excluding carboxylic acids is 1. The zero-order valence-corrected chi connectivity index (χ0v) is 15.8. The van der Waals surface area contributed by atoms with Gasteiger partial charge in [0.15, 0.2) is 0 Å². The third kappa shape index (κ3) is 3.36. The van der Waals surface area contributed by atoms with Crippen molar-refractivity contribution in [3.05, 3.63) is 69.4 Å². The molecule has 0 radical (unpaired) electrons. The molecule has 3 heterocycles. The Kier molecular flexibility index (Phi) is 4.96. The molecule has 138 valence electrons. The van der Waals surface area contributed by atoms with Crippen LogP contribution >= 0.6 is 23.4 Å². The minimum Gasteiger partial charge on any atom is -0.468 e. The fourth-order valence-corrected chi connectivity index (χ4v) is 4.85. The fourth-order valence-electron chi connectivity index (χ4n) is 3.42. The Hall–Kier alpha value is -2.27. The minimum atomic E-state index is -0.661. The smallest absolute Gasteiger partial charge is 0.229 e. The molecule has 1 aromatic carbocycles. The zero-order valence-electron chi connectivity index (χ0n) is 14.2. The number of fused-ring (bicyclic) bond motifs is 1. The summed E-state index contributed by atoms with van der Waals surface area (Å²) in [5.41, 5.74) is 0.610. The van der Waals surface area contributed by atoms with Crippen LogP contribution in [0.3, 0.4) is 0 Å². The Balaban J connectivity index is 1.66. The van der Waals surface area contributed by atoms with Crippen LogP contribution < -0.4 is 0 Å². The lowest BCUT2D eigenvalue weighted by molar-refractivity contribution is -0.132. The van der Waals surface area contributed by atoms with Gasteiger partial charge in [0.2, 0.25) is 5.91 Å². The van der Waals surface area contributed by atoms with Gasteiger partial charge in [0.1, 0.15) is 11.6 Å². The van der Waals surface area contributed by atoms with Crippen LogP contribution in [0.15, 0.2) is 51.6 Å². The van der Waals surface area contributed by atoms with Crippen LogP contribution in [0.2, 0.25) is 5.02 Å². The summed E-state index contributed by atoms with van der Waals surface area (Å²) in [5.74, 6) is 0.103. The molecule has 1 fully saturated rings. The molecule has 1 amide bonds. The predicted molar refractivity (Wildman–Crippen MR) is 99.8 cm³/mol. The number of carbonyl (C=O) groups is 1. The molecule has 4 rings (SSSR count). The summed E-state index contributed by atoms with van der Waals surface area (Å²) in [5, 5.41) is 10.6. The van der Waals surface area contributed by atoms with Gasteiger partial charge in [-0.05, 0) is 24.3 Å². The first-order valence-electron chi connectivity index (χ1n) is 8.34. The maximum Gasteiger partial charge on any atom is 0.229 e. The van der Waals surface area contributed by atoms with Gasteiger partial charge in [-0.2, -0.15) is 5.26 Å². The number of thioether (sulfide) groups is 1. The van der Waals surface area contributed by atoms with Crippen LogP contribution in [-0.4, -0.2) is 28.3 Å². The van der Waals surface area contributed by atoms with Crippen molar-refractivity contribution in [2.45, 2.75) is 18.9 Å². The van der Waals surface area contributed by atoms with Crippen LogP contribution in [0.1, 0.15) is 23.7 Å². The van der Waals surface area contributed by atoms with E-state index in [1.807, 2.05) is 12.1 Å². The molecule has 0 saturated carbocycles. The topological polar surface area (TPSA) is 60.5 Å². The Morgan fingerprint density at radius 2 is 2.22 bits per heavy atom. The van der Waals surface area contributed by atoms with E-state index in [0.717, 1.165) is 5.76 Å². The van der Waals surface area contributed by atoms with E-state index < -0.39 is 11.7 Å². The van der Waals surface area contributed by atoms with E-state index in [2.05, 4.69) is 11.0 Å². The fraction of sp³-hybridized carbons (Fsp3) is 0.263. The van der Waals surface area contributed by atoms with Gasteiger partial charge in [-0.1, -0.05) is 29.4 Å². The summed E-state index contributed by atoms with van der Waals surface area (Å²) >= 11 is 7.59.